The Hall–Kier alpha value is -0.0800. The van der Waals surface area contributed by atoms with Gasteiger partial charge in [-0.3, -0.25) is 0 Å². The lowest BCUT2D eigenvalue weighted by Crippen LogP contribution is -2.53. The largest absolute Gasteiger partial charge is 0.375 e. The molecule has 12 heavy (non-hydrogen) atoms. The predicted octanol–water partition coefficient (Wildman–Crippen LogP) is 1.34. The maximum atomic E-state index is 10.1. The monoisotopic (exact) mass is 169 g/mol. The molecule has 2 rings (SSSR count). The van der Waals surface area contributed by atoms with E-state index in [4.69, 9.17) is 5.73 Å². The first-order valence-corrected chi connectivity index (χ1v) is 5.04. The van der Waals surface area contributed by atoms with E-state index in [2.05, 4.69) is 13.8 Å². The molecule has 0 saturated heterocycles. The van der Waals surface area contributed by atoms with Crippen LogP contribution in [0.5, 0.6) is 0 Å². The summed E-state index contributed by atoms with van der Waals surface area (Å²) in [6, 6.07) is 0. The lowest BCUT2D eigenvalue weighted by Gasteiger charge is -2.38. The molecular formula is C10H19NO. The second kappa shape index (κ2) is 2.46. The van der Waals surface area contributed by atoms with Gasteiger partial charge in [0.2, 0.25) is 0 Å². The first-order valence-electron chi connectivity index (χ1n) is 5.04. The Kier molecular flexibility index (Phi) is 1.74. The molecule has 0 aromatic carbocycles. The van der Waals surface area contributed by atoms with Gasteiger partial charge in [0.25, 0.3) is 0 Å². The van der Waals surface area contributed by atoms with Gasteiger partial charge in [0.05, 0.1) is 0 Å². The van der Waals surface area contributed by atoms with Crippen molar-refractivity contribution in [3.63, 3.8) is 0 Å². The molecule has 2 heteroatoms. The van der Waals surface area contributed by atoms with Gasteiger partial charge in [0.15, 0.2) is 0 Å². The van der Waals surface area contributed by atoms with Crippen LogP contribution in [0, 0.1) is 23.7 Å². The van der Waals surface area contributed by atoms with E-state index in [1.54, 1.807) is 0 Å². The Morgan fingerprint density at radius 2 is 2.08 bits per heavy atom. The van der Waals surface area contributed by atoms with Gasteiger partial charge in [-0.25, -0.2) is 0 Å². The Bertz CT molecular complexity index is 188. The molecule has 0 unspecified atom stereocenters. The smallest absolute Gasteiger partial charge is 0.119 e. The van der Waals surface area contributed by atoms with Crippen LogP contribution in [0.2, 0.25) is 0 Å². The highest BCUT2D eigenvalue weighted by molar-refractivity contribution is 5.04. The molecular weight excluding hydrogens is 150 g/mol. The summed E-state index contributed by atoms with van der Waals surface area (Å²) in [6.45, 7) is 4.34. The van der Waals surface area contributed by atoms with Crippen molar-refractivity contribution >= 4 is 0 Å². The highest BCUT2D eigenvalue weighted by Crippen LogP contribution is 2.54. The van der Waals surface area contributed by atoms with Crippen molar-refractivity contribution in [3.05, 3.63) is 0 Å². The summed E-state index contributed by atoms with van der Waals surface area (Å²) >= 11 is 0. The first kappa shape index (κ1) is 8.52. The molecule has 2 saturated carbocycles. The van der Waals surface area contributed by atoms with E-state index in [1.165, 1.54) is 6.42 Å². The summed E-state index contributed by atoms with van der Waals surface area (Å²) < 4.78 is 0. The Balaban J connectivity index is 2.23. The van der Waals surface area contributed by atoms with E-state index in [-0.39, 0.29) is 0 Å². The number of hydrogen-bond acceptors (Lipinski definition) is 2. The van der Waals surface area contributed by atoms with E-state index in [1.807, 2.05) is 0 Å². The van der Waals surface area contributed by atoms with Gasteiger partial charge in [0.1, 0.15) is 5.72 Å². The fourth-order valence-corrected chi connectivity index (χ4v) is 3.49. The second-order valence-electron chi connectivity index (χ2n) is 4.93. The maximum Gasteiger partial charge on any atom is 0.119 e. The van der Waals surface area contributed by atoms with Crippen molar-refractivity contribution in [1.29, 1.82) is 0 Å². The quantitative estimate of drug-likeness (QED) is 0.582. The molecule has 0 aliphatic heterocycles. The third kappa shape index (κ3) is 0.944. The van der Waals surface area contributed by atoms with E-state index in [0.717, 1.165) is 12.8 Å². The molecule has 0 amide bonds. The predicted molar refractivity (Wildman–Crippen MR) is 48.3 cm³/mol. The van der Waals surface area contributed by atoms with Crippen molar-refractivity contribution in [2.45, 2.75) is 38.8 Å². The van der Waals surface area contributed by atoms with Crippen LogP contribution in [0.25, 0.3) is 0 Å². The molecule has 2 aliphatic rings. The van der Waals surface area contributed by atoms with Crippen LogP contribution in [0.4, 0.5) is 0 Å². The number of aliphatic hydroxyl groups is 1. The zero-order valence-electron chi connectivity index (χ0n) is 7.96. The highest BCUT2D eigenvalue weighted by atomic mass is 16.3. The van der Waals surface area contributed by atoms with Crippen LogP contribution in [-0.2, 0) is 0 Å². The molecule has 2 fully saturated rings. The van der Waals surface area contributed by atoms with E-state index >= 15 is 0 Å². The van der Waals surface area contributed by atoms with Gasteiger partial charge in [-0.2, -0.15) is 0 Å². The average Bonchev–Trinajstić information content (AvgIpc) is 2.41. The van der Waals surface area contributed by atoms with E-state index in [0.29, 0.717) is 23.7 Å². The Labute approximate surface area is 74.1 Å². The first-order chi connectivity index (χ1) is 5.53. The summed E-state index contributed by atoms with van der Waals surface area (Å²) in [4.78, 5) is 0. The average molecular weight is 169 g/mol. The standard InChI is InChI=1S/C10H19NO/c1-6(2)9-7-3-4-8(5-7)10(9,11)12/h6-9,12H,3-5,11H2,1-2H3/t7-,8+,9+,10-/m1/s1. The molecule has 0 aromatic heterocycles. The van der Waals surface area contributed by atoms with Crippen molar-refractivity contribution < 1.29 is 5.11 Å². The van der Waals surface area contributed by atoms with Crippen LogP contribution >= 0.6 is 0 Å². The summed E-state index contributed by atoms with van der Waals surface area (Å²) in [6.07, 6.45) is 3.59. The molecule has 2 bridgehead atoms. The fourth-order valence-electron chi connectivity index (χ4n) is 3.49. The normalized spacial score (nSPS) is 52.2. The fraction of sp³-hybridized carbons (Fsp3) is 1.00. The zero-order chi connectivity index (χ0) is 8.93. The van der Waals surface area contributed by atoms with Crippen molar-refractivity contribution in [2.75, 3.05) is 0 Å². The minimum atomic E-state index is -0.850. The molecule has 0 heterocycles. The van der Waals surface area contributed by atoms with Crippen LogP contribution in [0.3, 0.4) is 0 Å². The zero-order valence-corrected chi connectivity index (χ0v) is 7.96. The van der Waals surface area contributed by atoms with Gasteiger partial charge in [-0.15, -0.1) is 0 Å². The Morgan fingerprint density at radius 1 is 1.42 bits per heavy atom. The lowest BCUT2D eigenvalue weighted by molar-refractivity contribution is -0.0710. The lowest BCUT2D eigenvalue weighted by atomic mass is 9.75. The number of hydrogen-bond donors (Lipinski definition) is 2. The topological polar surface area (TPSA) is 46.2 Å². The molecule has 70 valence electrons. The molecule has 3 N–H and O–H groups in total. The molecule has 0 aromatic rings. The Morgan fingerprint density at radius 3 is 2.42 bits per heavy atom. The molecule has 2 aliphatic carbocycles. The van der Waals surface area contributed by atoms with Crippen LogP contribution in [0.15, 0.2) is 0 Å². The summed E-state index contributed by atoms with van der Waals surface area (Å²) in [7, 11) is 0. The van der Waals surface area contributed by atoms with Gasteiger partial charge in [-0.05, 0) is 31.1 Å². The summed E-state index contributed by atoms with van der Waals surface area (Å²) in [5, 5.41) is 10.1. The van der Waals surface area contributed by atoms with Gasteiger partial charge in [0, 0.05) is 11.8 Å². The van der Waals surface area contributed by atoms with Gasteiger partial charge in [-0.1, -0.05) is 13.8 Å². The minimum Gasteiger partial charge on any atom is -0.375 e. The van der Waals surface area contributed by atoms with Crippen molar-refractivity contribution in [1.82, 2.24) is 0 Å². The summed E-state index contributed by atoms with van der Waals surface area (Å²) in [5.41, 5.74) is 5.11. The molecule has 4 atom stereocenters. The van der Waals surface area contributed by atoms with E-state index in [9.17, 15) is 5.11 Å². The number of nitrogens with two attached hydrogens (primary N) is 1. The second-order valence-corrected chi connectivity index (χ2v) is 4.93. The third-order valence-corrected chi connectivity index (χ3v) is 3.89. The van der Waals surface area contributed by atoms with E-state index < -0.39 is 5.72 Å². The molecule has 0 radical (unpaired) electrons. The number of rotatable bonds is 1. The molecule has 0 spiro atoms. The van der Waals surface area contributed by atoms with Crippen LogP contribution in [-0.4, -0.2) is 10.8 Å². The molecule has 2 nitrogen and oxygen atoms in total. The van der Waals surface area contributed by atoms with Gasteiger partial charge < -0.3 is 10.8 Å². The van der Waals surface area contributed by atoms with Crippen molar-refractivity contribution in [3.8, 4) is 0 Å². The van der Waals surface area contributed by atoms with Crippen LogP contribution < -0.4 is 5.73 Å². The summed E-state index contributed by atoms with van der Waals surface area (Å²) in [5.74, 6) is 1.95. The number of fused-ring (bicyclic) bond motifs is 2. The highest BCUT2D eigenvalue weighted by Gasteiger charge is 2.55. The van der Waals surface area contributed by atoms with Crippen molar-refractivity contribution in [2.24, 2.45) is 29.4 Å². The maximum absolute atomic E-state index is 10.1. The van der Waals surface area contributed by atoms with Crippen LogP contribution in [0.1, 0.15) is 33.1 Å². The third-order valence-electron chi connectivity index (χ3n) is 3.89. The van der Waals surface area contributed by atoms with Gasteiger partial charge >= 0.3 is 0 Å². The minimum absolute atomic E-state index is 0.344. The SMILES string of the molecule is CC(C)[C@H]1[C@@H]2CC[C@@H](C2)[C@@]1(N)O.